The van der Waals surface area contributed by atoms with E-state index in [9.17, 15) is 14.9 Å². The average molecular weight is 271 g/mol. The van der Waals surface area contributed by atoms with Gasteiger partial charge in [0.25, 0.3) is 5.69 Å². The largest absolute Gasteiger partial charge is 0.454 e. The Bertz CT molecular complexity index is 696. The van der Waals surface area contributed by atoms with E-state index >= 15 is 0 Å². The molecule has 0 radical (unpaired) electrons. The summed E-state index contributed by atoms with van der Waals surface area (Å²) >= 11 is 0. The van der Waals surface area contributed by atoms with Crippen molar-refractivity contribution in [1.29, 1.82) is 0 Å². The van der Waals surface area contributed by atoms with Gasteiger partial charge >= 0.3 is 0 Å². The lowest BCUT2D eigenvalue weighted by Gasteiger charge is -2.04. The molecule has 0 spiro atoms. The Morgan fingerprint density at radius 1 is 1.10 bits per heavy atom. The zero-order valence-corrected chi connectivity index (χ0v) is 10.2. The summed E-state index contributed by atoms with van der Waals surface area (Å²) < 4.78 is 10.3. The lowest BCUT2D eigenvalue weighted by Crippen LogP contribution is -2.05. The molecule has 100 valence electrons. The van der Waals surface area contributed by atoms with Gasteiger partial charge in [-0.3, -0.25) is 14.9 Å². The minimum Gasteiger partial charge on any atom is -0.454 e. The Balaban J connectivity index is 2.13. The highest BCUT2D eigenvalue weighted by atomic mass is 16.7. The smallest absolute Gasteiger partial charge is 0.284 e. The van der Waals surface area contributed by atoms with Crippen molar-refractivity contribution in [2.24, 2.45) is 0 Å². The number of nitro groups is 1. The summed E-state index contributed by atoms with van der Waals surface area (Å²) in [5.41, 5.74) is 0.0861. The second-order valence-corrected chi connectivity index (χ2v) is 4.17. The third-order valence-electron chi connectivity index (χ3n) is 2.97. The Morgan fingerprint density at radius 2 is 1.75 bits per heavy atom. The molecule has 0 atom stereocenters. The number of ketones is 1. The van der Waals surface area contributed by atoms with Gasteiger partial charge < -0.3 is 9.47 Å². The minimum atomic E-state index is -0.599. The molecule has 0 bridgehead atoms. The molecule has 2 aromatic carbocycles. The van der Waals surface area contributed by atoms with E-state index in [0.717, 1.165) is 0 Å². The van der Waals surface area contributed by atoms with Crippen molar-refractivity contribution in [3.63, 3.8) is 0 Å². The third-order valence-corrected chi connectivity index (χ3v) is 2.97. The van der Waals surface area contributed by atoms with Crippen molar-refractivity contribution in [3.05, 3.63) is 63.7 Å². The molecular formula is C14H9NO5. The first-order valence-corrected chi connectivity index (χ1v) is 5.84. The fraction of sp³-hybridized carbons (Fsp3) is 0.0714. The van der Waals surface area contributed by atoms with Crippen molar-refractivity contribution < 1.29 is 19.2 Å². The van der Waals surface area contributed by atoms with Crippen LogP contribution in [0.5, 0.6) is 11.5 Å². The van der Waals surface area contributed by atoms with Crippen molar-refractivity contribution in [3.8, 4) is 11.5 Å². The highest BCUT2D eigenvalue weighted by Gasteiger charge is 2.27. The van der Waals surface area contributed by atoms with Gasteiger partial charge in [0.15, 0.2) is 17.3 Å². The molecule has 1 aliphatic heterocycles. The van der Waals surface area contributed by atoms with E-state index in [1.54, 1.807) is 30.3 Å². The van der Waals surface area contributed by atoms with Crippen LogP contribution in [0.4, 0.5) is 5.69 Å². The Labute approximate surface area is 113 Å². The van der Waals surface area contributed by atoms with Gasteiger partial charge in [-0.15, -0.1) is 0 Å². The zero-order valence-electron chi connectivity index (χ0n) is 10.2. The number of carbonyl (C=O) groups is 1. The summed E-state index contributed by atoms with van der Waals surface area (Å²) in [6.07, 6.45) is 0. The average Bonchev–Trinajstić information content (AvgIpc) is 2.93. The number of carbonyl (C=O) groups excluding carboxylic acids is 1. The Hall–Kier alpha value is -2.89. The van der Waals surface area contributed by atoms with E-state index in [-0.39, 0.29) is 23.8 Å². The summed E-state index contributed by atoms with van der Waals surface area (Å²) in [5, 5.41) is 11.1. The van der Waals surface area contributed by atoms with Crippen LogP contribution in [-0.2, 0) is 0 Å². The molecule has 6 nitrogen and oxygen atoms in total. The highest BCUT2D eigenvalue weighted by molar-refractivity contribution is 6.11. The van der Waals surface area contributed by atoms with Crippen LogP contribution < -0.4 is 9.47 Å². The number of nitrogens with zero attached hydrogens (tertiary/aromatic N) is 1. The van der Waals surface area contributed by atoms with Crippen LogP contribution in [-0.4, -0.2) is 17.5 Å². The van der Waals surface area contributed by atoms with Crippen molar-refractivity contribution in [1.82, 2.24) is 0 Å². The standard InChI is InChI=1S/C14H9NO5/c16-14(9-4-2-1-3-5-9)10-6-12-13(20-8-19-12)7-11(10)15(17)18/h1-7H,8H2. The second kappa shape index (κ2) is 4.65. The number of ether oxygens (including phenoxy) is 2. The van der Waals surface area contributed by atoms with Gasteiger partial charge in [-0.25, -0.2) is 0 Å². The summed E-state index contributed by atoms with van der Waals surface area (Å²) in [5.74, 6) is 0.201. The maximum Gasteiger partial charge on any atom is 0.284 e. The summed E-state index contributed by atoms with van der Waals surface area (Å²) in [6.45, 7) is -0.00450. The number of nitro benzene ring substituents is 1. The Morgan fingerprint density at radius 3 is 2.40 bits per heavy atom. The van der Waals surface area contributed by atoms with Gasteiger partial charge in [-0.1, -0.05) is 30.3 Å². The number of hydrogen-bond donors (Lipinski definition) is 0. The number of fused-ring (bicyclic) bond motifs is 1. The van der Waals surface area contributed by atoms with Crippen molar-refractivity contribution in [2.75, 3.05) is 6.79 Å². The summed E-state index contributed by atoms with van der Waals surface area (Å²) in [6, 6.07) is 11.0. The predicted molar refractivity (Wildman–Crippen MR) is 69.1 cm³/mol. The van der Waals surface area contributed by atoms with Gasteiger partial charge in [0.2, 0.25) is 6.79 Å². The molecule has 1 heterocycles. The summed E-state index contributed by atoms with van der Waals surface area (Å²) in [4.78, 5) is 22.9. The number of benzene rings is 2. The molecule has 0 saturated heterocycles. The monoisotopic (exact) mass is 271 g/mol. The van der Waals surface area contributed by atoms with Gasteiger partial charge in [-0.2, -0.15) is 0 Å². The molecule has 2 aromatic rings. The van der Waals surface area contributed by atoms with Crippen LogP contribution in [0, 0.1) is 10.1 Å². The summed E-state index contributed by atoms with van der Waals surface area (Å²) in [7, 11) is 0. The maximum atomic E-state index is 12.4. The van der Waals surface area contributed by atoms with E-state index in [1.807, 2.05) is 0 Å². The molecule has 20 heavy (non-hydrogen) atoms. The molecule has 0 aromatic heterocycles. The molecule has 3 rings (SSSR count). The topological polar surface area (TPSA) is 78.7 Å². The van der Waals surface area contributed by atoms with Gasteiger partial charge in [-0.05, 0) is 0 Å². The molecular weight excluding hydrogens is 262 g/mol. The molecule has 0 fully saturated rings. The fourth-order valence-corrected chi connectivity index (χ4v) is 2.01. The van der Waals surface area contributed by atoms with Crippen LogP contribution in [0.1, 0.15) is 15.9 Å². The van der Waals surface area contributed by atoms with Crippen LogP contribution in [0.3, 0.4) is 0 Å². The molecule has 0 N–H and O–H groups in total. The van der Waals surface area contributed by atoms with Gasteiger partial charge in [0.05, 0.1) is 11.0 Å². The first-order valence-electron chi connectivity index (χ1n) is 5.84. The first-order chi connectivity index (χ1) is 9.66. The van der Waals surface area contributed by atoms with Crippen LogP contribution in [0.15, 0.2) is 42.5 Å². The lowest BCUT2D eigenvalue weighted by atomic mass is 10.0. The minimum absolute atomic E-state index is 0.00450. The zero-order chi connectivity index (χ0) is 14.1. The quantitative estimate of drug-likeness (QED) is 0.487. The lowest BCUT2D eigenvalue weighted by molar-refractivity contribution is -0.385. The van der Waals surface area contributed by atoms with Crippen LogP contribution in [0.25, 0.3) is 0 Å². The molecule has 0 saturated carbocycles. The first kappa shape index (κ1) is 12.2. The molecule has 0 aliphatic carbocycles. The normalized spacial score (nSPS) is 12.2. The fourth-order valence-electron chi connectivity index (χ4n) is 2.01. The number of rotatable bonds is 3. The molecule has 1 aliphatic rings. The predicted octanol–water partition coefficient (Wildman–Crippen LogP) is 2.55. The third kappa shape index (κ3) is 1.97. The highest BCUT2D eigenvalue weighted by Crippen LogP contribution is 2.38. The van der Waals surface area contributed by atoms with Gasteiger partial charge in [0, 0.05) is 11.6 Å². The number of hydrogen-bond acceptors (Lipinski definition) is 5. The van der Waals surface area contributed by atoms with Crippen molar-refractivity contribution >= 4 is 11.5 Å². The molecule has 6 heteroatoms. The van der Waals surface area contributed by atoms with E-state index in [4.69, 9.17) is 9.47 Å². The van der Waals surface area contributed by atoms with Crippen LogP contribution >= 0.6 is 0 Å². The van der Waals surface area contributed by atoms with E-state index in [0.29, 0.717) is 11.3 Å². The maximum absolute atomic E-state index is 12.4. The molecule has 0 amide bonds. The van der Waals surface area contributed by atoms with Crippen molar-refractivity contribution in [2.45, 2.75) is 0 Å². The molecule has 0 unspecified atom stereocenters. The van der Waals surface area contributed by atoms with E-state index < -0.39 is 10.7 Å². The van der Waals surface area contributed by atoms with Gasteiger partial charge in [0.1, 0.15) is 5.56 Å². The van der Waals surface area contributed by atoms with Crippen LogP contribution in [0.2, 0.25) is 0 Å². The van der Waals surface area contributed by atoms with E-state index in [2.05, 4.69) is 0 Å². The SMILES string of the molecule is O=C(c1ccccc1)c1cc2c(cc1[N+](=O)[O-])OCO2. The second-order valence-electron chi connectivity index (χ2n) is 4.17. The Kier molecular flexibility index (Phi) is 2.83. The van der Waals surface area contributed by atoms with E-state index in [1.165, 1.54) is 12.1 Å².